The predicted octanol–water partition coefficient (Wildman–Crippen LogP) is 2.94. The molecule has 0 radical (unpaired) electrons. The summed E-state index contributed by atoms with van der Waals surface area (Å²) in [4.78, 5) is 25.2. The number of rotatable bonds is 4. The molecule has 1 unspecified atom stereocenters. The number of carbonyl (C=O) groups is 1. The van der Waals surface area contributed by atoms with Gasteiger partial charge in [0.15, 0.2) is 0 Å². The molecule has 2 aromatic rings. The monoisotopic (exact) mass is 403 g/mol. The molecule has 8 heteroatoms. The highest BCUT2D eigenvalue weighted by Gasteiger charge is 2.59. The lowest BCUT2D eigenvalue weighted by Crippen LogP contribution is -2.46. The number of hydrogen-bond donors (Lipinski definition) is 1. The Bertz CT molecular complexity index is 838. The molecule has 1 amide bonds. The molecule has 0 spiro atoms. The van der Waals surface area contributed by atoms with E-state index in [4.69, 9.17) is 9.82 Å². The maximum absolute atomic E-state index is 11.7. The van der Waals surface area contributed by atoms with Crippen molar-refractivity contribution in [3.63, 3.8) is 0 Å². The Labute approximate surface area is 164 Å². The summed E-state index contributed by atoms with van der Waals surface area (Å²) < 4.78 is 1.20. The van der Waals surface area contributed by atoms with Crippen LogP contribution in [0.4, 0.5) is 4.79 Å². The topological polar surface area (TPSA) is 65.9 Å². The molecule has 144 valence electrons. The second-order valence-corrected chi connectivity index (χ2v) is 14.7. The summed E-state index contributed by atoms with van der Waals surface area (Å²) >= 11 is 1.74. The minimum absolute atomic E-state index is 0.118. The maximum atomic E-state index is 11.7. The van der Waals surface area contributed by atoms with Crippen molar-refractivity contribution in [3.05, 3.63) is 47.0 Å². The average molecular weight is 404 g/mol. The number of amides is 1. The molecule has 0 saturated carbocycles. The molecule has 1 aromatic heterocycles. The summed E-state index contributed by atoms with van der Waals surface area (Å²) in [5.74, 6) is 0.118. The zero-order chi connectivity index (χ0) is 19.2. The van der Waals surface area contributed by atoms with Crippen LogP contribution in [0.1, 0.15) is 10.4 Å². The quantitative estimate of drug-likeness (QED) is 0.795. The number of hydroxylamine groups is 2. The van der Waals surface area contributed by atoms with E-state index in [-0.39, 0.29) is 5.92 Å². The van der Waals surface area contributed by atoms with E-state index in [2.05, 4.69) is 31.8 Å². The number of nitrogens with zero attached hydrogens (tertiary/aromatic N) is 3. The van der Waals surface area contributed by atoms with E-state index < -0.39 is 19.7 Å². The van der Waals surface area contributed by atoms with Gasteiger partial charge in [-0.1, -0.05) is 50.0 Å². The van der Waals surface area contributed by atoms with Crippen LogP contribution in [0, 0.1) is 5.92 Å². The third-order valence-electron chi connectivity index (χ3n) is 5.44. The number of likely N-dealkylation sites (tertiary alicyclic amines) is 1. The summed E-state index contributed by atoms with van der Waals surface area (Å²) in [6.45, 7) is 8.96. The minimum Gasteiger partial charge on any atom is -0.465 e. The van der Waals surface area contributed by atoms with Gasteiger partial charge in [0.1, 0.15) is 13.6 Å². The first-order valence-electron chi connectivity index (χ1n) is 9.20. The van der Waals surface area contributed by atoms with Gasteiger partial charge in [0.05, 0.1) is 24.3 Å². The Kier molecular flexibility index (Phi) is 4.62. The highest BCUT2D eigenvalue weighted by Crippen LogP contribution is 2.48. The highest BCUT2D eigenvalue weighted by atomic mass is 32.1. The number of aromatic nitrogens is 1. The zero-order valence-corrected chi connectivity index (χ0v) is 17.7. The third-order valence-corrected chi connectivity index (χ3v) is 9.97. The van der Waals surface area contributed by atoms with Gasteiger partial charge in [-0.05, 0) is 5.56 Å². The first-order valence-corrected chi connectivity index (χ1v) is 13.5. The van der Waals surface area contributed by atoms with Crippen LogP contribution < -0.4 is 4.63 Å². The zero-order valence-electron chi connectivity index (χ0n) is 15.9. The molecule has 0 aliphatic carbocycles. The minimum atomic E-state index is -1.53. The molecule has 0 bridgehead atoms. The Morgan fingerprint density at radius 3 is 2.74 bits per heavy atom. The first-order chi connectivity index (χ1) is 12.8. The van der Waals surface area contributed by atoms with Gasteiger partial charge in [-0.15, -0.1) is 11.3 Å². The number of thiazole rings is 1. The van der Waals surface area contributed by atoms with E-state index >= 15 is 0 Å². The van der Waals surface area contributed by atoms with Gasteiger partial charge in [-0.2, -0.15) is 5.06 Å². The smallest absolute Gasteiger partial charge is 0.407 e. The Balaban J connectivity index is 1.74. The van der Waals surface area contributed by atoms with Gasteiger partial charge in [-0.3, -0.25) is 9.82 Å². The Hall–Kier alpha value is -1.74. The Morgan fingerprint density at radius 1 is 1.37 bits per heavy atom. The second-order valence-electron chi connectivity index (χ2n) is 8.38. The molecule has 2 atom stereocenters. The van der Waals surface area contributed by atoms with Gasteiger partial charge in [-0.25, -0.2) is 4.79 Å². The van der Waals surface area contributed by atoms with Crippen molar-refractivity contribution in [1.82, 2.24) is 14.9 Å². The van der Waals surface area contributed by atoms with Crippen LogP contribution >= 0.6 is 11.3 Å². The Morgan fingerprint density at radius 2 is 2.11 bits per heavy atom. The third kappa shape index (κ3) is 3.20. The van der Waals surface area contributed by atoms with Gasteiger partial charge >= 0.3 is 6.09 Å². The molecule has 2 aliphatic rings. The molecule has 3 heterocycles. The van der Waals surface area contributed by atoms with Crippen LogP contribution in [-0.4, -0.2) is 53.9 Å². The van der Waals surface area contributed by atoms with Crippen molar-refractivity contribution in [2.75, 3.05) is 19.7 Å². The second kappa shape index (κ2) is 6.70. The molecular formula is C19H25N3O3SSi. The van der Waals surface area contributed by atoms with Crippen LogP contribution in [0.3, 0.4) is 0 Å². The van der Waals surface area contributed by atoms with Crippen molar-refractivity contribution in [1.29, 1.82) is 0 Å². The van der Waals surface area contributed by atoms with Gasteiger partial charge in [0, 0.05) is 23.5 Å². The summed E-state index contributed by atoms with van der Waals surface area (Å²) in [5.41, 5.74) is 0.699. The van der Waals surface area contributed by atoms with Crippen molar-refractivity contribution in [2.24, 2.45) is 5.92 Å². The maximum Gasteiger partial charge on any atom is 0.407 e. The number of benzene rings is 1. The van der Waals surface area contributed by atoms with Crippen LogP contribution in [0.15, 0.2) is 36.5 Å². The van der Waals surface area contributed by atoms with Crippen molar-refractivity contribution < 1.29 is 14.7 Å². The number of fused-ring (bicyclic) bond motifs is 1. The van der Waals surface area contributed by atoms with Crippen LogP contribution in [-0.2, 0) is 16.9 Å². The first kappa shape index (κ1) is 18.6. The molecular weight excluding hydrogens is 378 g/mol. The van der Waals surface area contributed by atoms with Crippen LogP contribution in [0.2, 0.25) is 19.6 Å². The molecule has 1 aromatic carbocycles. The van der Waals surface area contributed by atoms with E-state index in [1.54, 1.807) is 11.3 Å². The van der Waals surface area contributed by atoms with E-state index in [0.29, 0.717) is 26.2 Å². The van der Waals surface area contributed by atoms with E-state index in [1.165, 1.54) is 9.53 Å². The SMILES string of the molecule is C[Si](C)(C)c1ncc(C23CN(C(=O)O)C[C@@H]2CON3Cc2ccccc2)s1. The van der Waals surface area contributed by atoms with Gasteiger partial charge < -0.3 is 10.0 Å². The van der Waals surface area contributed by atoms with E-state index in [0.717, 1.165) is 10.4 Å². The molecule has 4 rings (SSSR count). The largest absolute Gasteiger partial charge is 0.465 e. The molecule has 6 nitrogen and oxygen atoms in total. The fourth-order valence-corrected chi connectivity index (χ4v) is 6.91. The van der Waals surface area contributed by atoms with Gasteiger partial charge in [0.2, 0.25) is 0 Å². The molecule has 2 saturated heterocycles. The van der Waals surface area contributed by atoms with Gasteiger partial charge in [0.25, 0.3) is 0 Å². The fourth-order valence-electron chi connectivity index (χ4n) is 3.97. The van der Waals surface area contributed by atoms with Crippen molar-refractivity contribution in [2.45, 2.75) is 31.7 Å². The molecule has 2 fully saturated rings. The summed E-state index contributed by atoms with van der Waals surface area (Å²) in [6, 6.07) is 10.2. The van der Waals surface area contributed by atoms with Crippen LogP contribution in [0.5, 0.6) is 0 Å². The number of carboxylic acid groups (broad SMARTS) is 1. The lowest BCUT2D eigenvalue weighted by atomic mass is 9.87. The van der Waals surface area contributed by atoms with Crippen LogP contribution in [0.25, 0.3) is 0 Å². The molecule has 2 aliphatic heterocycles. The summed E-state index contributed by atoms with van der Waals surface area (Å²) in [6.07, 6.45) is 1.10. The standard InChI is InChI=1S/C19H25N3O3SSi/c1-27(2,3)17-20-9-16(26-17)19-13-21(18(23)24)11-15(19)12-25-22(19)10-14-7-5-4-6-8-14/h4-9,15H,10-13H2,1-3H3,(H,23,24)/t15-,19?/m1/s1. The molecule has 1 N–H and O–H groups in total. The molecule has 27 heavy (non-hydrogen) atoms. The highest BCUT2D eigenvalue weighted by molar-refractivity contribution is 7.25. The van der Waals surface area contributed by atoms with E-state index in [9.17, 15) is 9.90 Å². The summed E-state index contributed by atoms with van der Waals surface area (Å²) in [5, 5.41) is 11.6. The fraction of sp³-hybridized carbons (Fsp3) is 0.474. The lowest BCUT2D eigenvalue weighted by Gasteiger charge is -2.35. The van der Waals surface area contributed by atoms with E-state index in [1.807, 2.05) is 29.5 Å². The van der Waals surface area contributed by atoms with Crippen molar-refractivity contribution >= 4 is 30.1 Å². The average Bonchev–Trinajstić information content (AvgIpc) is 3.29. The summed E-state index contributed by atoms with van der Waals surface area (Å²) in [7, 11) is -1.53. The predicted molar refractivity (Wildman–Crippen MR) is 108 cm³/mol. The normalized spacial score (nSPS) is 25.7. The lowest BCUT2D eigenvalue weighted by molar-refractivity contribution is -0.175. The van der Waals surface area contributed by atoms with Crippen molar-refractivity contribution in [3.8, 4) is 0 Å². The number of hydrogen-bond acceptors (Lipinski definition) is 5.